The van der Waals surface area contributed by atoms with Gasteiger partial charge < -0.3 is 9.84 Å². The number of β-amino-alcohol motifs (C(OH)–C–C–N with tert-alkyl or cyclic N) is 1. The smallest absolute Gasteiger partial charge is 0.233 e. The molecule has 0 aliphatic carbocycles. The lowest BCUT2D eigenvalue weighted by atomic mass is 10.1. The molecule has 0 aromatic carbocycles. The molecule has 1 atom stereocenters. The molecule has 1 fully saturated rings. The van der Waals surface area contributed by atoms with E-state index in [4.69, 9.17) is 4.74 Å². The van der Waals surface area contributed by atoms with Crippen LogP contribution in [0.3, 0.4) is 0 Å². The Kier molecular flexibility index (Phi) is 3.07. The lowest BCUT2D eigenvalue weighted by Crippen LogP contribution is -2.29. The second kappa shape index (κ2) is 4.35. The largest absolute Gasteiger partial charge is 0.480 e. The summed E-state index contributed by atoms with van der Waals surface area (Å²) < 4.78 is 4.95. The Morgan fingerprint density at radius 2 is 2.31 bits per heavy atom. The van der Waals surface area contributed by atoms with Crippen molar-refractivity contribution in [3.63, 3.8) is 0 Å². The molecule has 88 valence electrons. The minimum atomic E-state index is -0.556. The van der Waals surface area contributed by atoms with E-state index in [9.17, 15) is 5.11 Å². The summed E-state index contributed by atoms with van der Waals surface area (Å²) in [4.78, 5) is 2.18. The van der Waals surface area contributed by atoms with E-state index in [-0.39, 0.29) is 0 Å². The summed E-state index contributed by atoms with van der Waals surface area (Å²) in [6.45, 7) is 4.20. The first-order chi connectivity index (χ1) is 7.59. The predicted octanol–water partition coefficient (Wildman–Crippen LogP) is 0.442. The third-order valence-electron chi connectivity index (χ3n) is 2.82. The van der Waals surface area contributed by atoms with Crippen LogP contribution in [0.15, 0.2) is 12.1 Å². The topological polar surface area (TPSA) is 58.5 Å². The standard InChI is InChI=1S/C11H17N3O2/c1-11(15)5-6-14(8-11)7-9-3-4-10(16-2)13-12-9/h3-4,15H,5-8H2,1-2H3. The summed E-state index contributed by atoms with van der Waals surface area (Å²) in [5, 5.41) is 17.8. The third kappa shape index (κ3) is 2.68. The normalized spacial score (nSPS) is 25.9. The number of nitrogens with zero attached hydrogens (tertiary/aromatic N) is 3. The molecule has 0 spiro atoms. The monoisotopic (exact) mass is 223 g/mol. The molecule has 1 saturated heterocycles. The van der Waals surface area contributed by atoms with Crippen LogP contribution in [-0.2, 0) is 6.54 Å². The molecule has 1 unspecified atom stereocenters. The van der Waals surface area contributed by atoms with Gasteiger partial charge in [-0.1, -0.05) is 0 Å². The maximum atomic E-state index is 9.83. The van der Waals surface area contributed by atoms with Crippen molar-refractivity contribution in [1.82, 2.24) is 15.1 Å². The molecule has 2 heterocycles. The maximum Gasteiger partial charge on any atom is 0.233 e. The van der Waals surface area contributed by atoms with Gasteiger partial charge in [-0.05, 0) is 19.4 Å². The first-order valence-electron chi connectivity index (χ1n) is 5.40. The fraction of sp³-hybridized carbons (Fsp3) is 0.636. The highest BCUT2D eigenvalue weighted by Crippen LogP contribution is 2.21. The van der Waals surface area contributed by atoms with Crippen LogP contribution in [0.1, 0.15) is 19.0 Å². The van der Waals surface area contributed by atoms with Gasteiger partial charge in [0.2, 0.25) is 5.88 Å². The Labute approximate surface area is 95.1 Å². The lowest BCUT2D eigenvalue weighted by molar-refractivity contribution is 0.0677. The van der Waals surface area contributed by atoms with Gasteiger partial charge in [-0.25, -0.2) is 0 Å². The molecular weight excluding hydrogens is 206 g/mol. The van der Waals surface area contributed by atoms with Gasteiger partial charge in [0.1, 0.15) is 0 Å². The van der Waals surface area contributed by atoms with Crippen LogP contribution in [0, 0.1) is 0 Å². The SMILES string of the molecule is COc1ccc(CN2CCC(C)(O)C2)nn1. The molecular formula is C11H17N3O2. The van der Waals surface area contributed by atoms with Gasteiger partial charge in [-0.2, -0.15) is 5.10 Å². The van der Waals surface area contributed by atoms with Gasteiger partial charge in [-0.3, -0.25) is 4.90 Å². The van der Waals surface area contributed by atoms with E-state index >= 15 is 0 Å². The van der Waals surface area contributed by atoms with Crippen molar-refractivity contribution < 1.29 is 9.84 Å². The summed E-state index contributed by atoms with van der Waals surface area (Å²) in [6, 6.07) is 3.70. The van der Waals surface area contributed by atoms with Crippen molar-refractivity contribution in [3.8, 4) is 5.88 Å². The fourth-order valence-corrected chi connectivity index (χ4v) is 1.94. The van der Waals surface area contributed by atoms with Crippen molar-refractivity contribution in [2.45, 2.75) is 25.5 Å². The molecule has 1 aromatic heterocycles. The molecule has 1 N–H and O–H groups in total. The molecule has 2 rings (SSSR count). The average Bonchev–Trinajstić information content (AvgIpc) is 2.59. The number of ether oxygens (including phenoxy) is 1. The van der Waals surface area contributed by atoms with Gasteiger partial charge in [0.15, 0.2) is 0 Å². The van der Waals surface area contributed by atoms with Gasteiger partial charge in [-0.15, -0.1) is 5.10 Å². The van der Waals surface area contributed by atoms with Crippen molar-refractivity contribution in [2.75, 3.05) is 20.2 Å². The minimum Gasteiger partial charge on any atom is -0.480 e. The number of hydrogen-bond donors (Lipinski definition) is 1. The maximum absolute atomic E-state index is 9.83. The van der Waals surface area contributed by atoms with Gasteiger partial charge in [0.05, 0.1) is 18.4 Å². The Morgan fingerprint density at radius 3 is 2.81 bits per heavy atom. The quantitative estimate of drug-likeness (QED) is 0.806. The van der Waals surface area contributed by atoms with Crippen LogP contribution >= 0.6 is 0 Å². The molecule has 16 heavy (non-hydrogen) atoms. The molecule has 1 aliphatic heterocycles. The van der Waals surface area contributed by atoms with Crippen LogP contribution in [0.25, 0.3) is 0 Å². The molecule has 5 nitrogen and oxygen atoms in total. The highest BCUT2D eigenvalue weighted by molar-refractivity contribution is 5.11. The second-order valence-corrected chi connectivity index (χ2v) is 4.52. The number of methoxy groups -OCH3 is 1. The van der Waals surface area contributed by atoms with Crippen LogP contribution in [-0.4, -0.2) is 46.0 Å². The molecule has 1 aliphatic rings. The summed E-state index contributed by atoms with van der Waals surface area (Å²) in [7, 11) is 1.57. The van der Waals surface area contributed by atoms with Crippen molar-refractivity contribution in [2.24, 2.45) is 0 Å². The number of likely N-dealkylation sites (tertiary alicyclic amines) is 1. The Balaban J connectivity index is 1.94. The second-order valence-electron chi connectivity index (χ2n) is 4.52. The van der Waals surface area contributed by atoms with Gasteiger partial charge >= 0.3 is 0 Å². The molecule has 5 heteroatoms. The molecule has 0 amide bonds. The average molecular weight is 223 g/mol. The molecule has 0 radical (unpaired) electrons. The first-order valence-corrected chi connectivity index (χ1v) is 5.40. The number of rotatable bonds is 3. The fourth-order valence-electron chi connectivity index (χ4n) is 1.94. The summed E-state index contributed by atoms with van der Waals surface area (Å²) >= 11 is 0. The number of aliphatic hydroxyl groups is 1. The Hall–Kier alpha value is -1.20. The Morgan fingerprint density at radius 1 is 1.50 bits per heavy atom. The van der Waals surface area contributed by atoms with Crippen molar-refractivity contribution in [1.29, 1.82) is 0 Å². The minimum absolute atomic E-state index is 0.525. The zero-order valence-electron chi connectivity index (χ0n) is 9.68. The first kappa shape index (κ1) is 11.3. The lowest BCUT2D eigenvalue weighted by Gasteiger charge is -2.18. The third-order valence-corrected chi connectivity index (χ3v) is 2.82. The van der Waals surface area contributed by atoms with E-state index in [0.717, 1.165) is 25.2 Å². The molecule has 0 bridgehead atoms. The van der Waals surface area contributed by atoms with E-state index in [1.807, 2.05) is 13.0 Å². The summed E-state index contributed by atoms with van der Waals surface area (Å²) in [6.07, 6.45) is 0.816. The van der Waals surface area contributed by atoms with E-state index in [2.05, 4.69) is 15.1 Å². The van der Waals surface area contributed by atoms with Gasteiger partial charge in [0.25, 0.3) is 0 Å². The van der Waals surface area contributed by atoms with E-state index in [1.165, 1.54) is 0 Å². The van der Waals surface area contributed by atoms with Crippen LogP contribution in [0.4, 0.5) is 0 Å². The van der Waals surface area contributed by atoms with Crippen LogP contribution in [0.2, 0.25) is 0 Å². The van der Waals surface area contributed by atoms with E-state index < -0.39 is 5.60 Å². The number of hydrogen-bond acceptors (Lipinski definition) is 5. The van der Waals surface area contributed by atoms with E-state index in [0.29, 0.717) is 12.4 Å². The van der Waals surface area contributed by atoms with Crippen molar-refractivity contribution >= 4 is 0 Å². The Bertz CT molecular complexity index is 351. The highest BCUT2D eigenvalue weighted by atomic mass is 16.5. The highest BCUT2D eigenvalue weighted by Gasteiger charge is 2.31. The molecule has 0 saturated carbocycles. The molecule has 1 aromatic rings. The summed E-state index contributed by atoms with van der Waals surface area (Å²) in [5.74, 6) is 0.525. The zero-order valence-corrected chi connectivity index (χ0v) is 9.68. The van der Waals surface area contributed by atoms with E-state index in [1.54, 1.807) is 13.2 Å². The number of aromatic nitrogens is 2. The summed E-state index contributed by atoms with van der Waals surface area (Å²) in [5.41, 5.74) is 0.346. The predicted molar refractivity (Wildman–Crippen MR) is 59.1 cm³/mol. The van der Waals surface area contributed by atoms with Crippen molar-refractivity contribution in [3.05, 3.63) is 17.8 Å². The van der Waals surface area contributed by atoms with Crippen LogP contribution in [0.5, 0.6) is 5.88 Å². The van der Waals surface area contributed by atoms with Gasteiger partial charge in [0, 0.05) is 25.7 Å². The zero-order chi connectivity index (χ0) is 11.6. The van der Waals surface area contributed by atoms with Crippen LogP contribution < -0.4 is 4.74 Å².